The van der Waals surface area contributed by atoms with E-state index in [4.69, 9.17) is 4.42 Å². The number of pyridine rings is 1. The molecule has 27 heavy (non-hydrogen) atoms. The van der Waals surface area contributed by atoms with Crippen LogP contribution >= 0.6 is 15.9 Å². The summed E-state index contributed by atoms with van der Waals surface area (Å²) < 4.78 is 8.03. The van der Waals surface area contributed by atoms with Gasteiger partial charge in [0.1, 0.15) is 11.4 Å². The van der Waals surface area contributed by atoms with Gasteiger partial charge in [-0.1, -0.05) is 0 Å². The number of aromatic nitrogens is 2. The molecule has 134 valence electrons. The third-order valence-electron chi connectivity index (χ3n) is 3.86. The lowest BCUT2D eigenvalue weighted by molar-refractivity contribution is -0.384. The zero-order valence-corrected chi connectivity index (χ0v) is 15.2. The summed E-state index contributed by atoms with van der Waals surface area (Å²) in [4.78, 5) is 19.4. The zero-order chi connectivity index (χ0) is 19.0. The van der Waals surface area contributed by atoms with E-state index < -0.39 is 4.92 Å². The molecular weight excluding hydrogens is 416 g/mol. The fourth-order valence-electron chi connectivity index (χ4n) is 2.60. The second kappa shape index (κ2) is 6.69. The number of benzene rings is 1. The molecule has 4 rings (SSSR count). The molecule has 0 atom stereocenters. The lowest BCUT2D eigenvalue weighted by atomic mass is 10.2. The Kier molecular flexibility index (Phi) is 4.21. The summed E-state index contributed by atoms with van der Waals surface area (Å²) in [6.07, 6.45) is 4.70. The number of hydrogen-bond donors (Lipinski definition) is 1. The fourth-order valence-corrected chi connectivity index (χ4v) is 2.93. The van der Waals surface area contributed by atoms with E-state index in [-0.39, 0.29) is 17.0 Å². The number of fused-ring (bicyclic) bond motifs is 1. The van der Waals surface area contributed by atoms with E-state index in [0.717, 1.165) is 4.47 Å². The number of hydrogen-bond acceptors (Lipinski definition) is 6. The molecule has 1 N–H and O–H groups in total. The Hall–Kier alpha value is -3.46. The second-order valence-electron chi connectivity index (χ2n) is 5.60. The van der Waals surface area contributed by atoms with Crippen molar-refractivity contribution >= 4 is 39.3 Å². The Morgan fingerprint density at radius 3 is 2.89 bits per heavy atom. The van der Waals surface area contributed by atoms with Crippen LogP contribution in [0.15, 0.2) is 68.8 Å². The third-order valence-corrected chi connectivity index (χ3v) is 4.33. The van der Waals surface area contributed by atoms with Gasteiger partial charge in [0.2, 0.25) is 0 Å². The molecule has 1 aromatic carbocycles. The van der Waals surface area contributed by atoms with Crippen molar-refractivity contribution in [1.29, 1.82) is 0 Å². The molecular formula is C18H11BrN4O4. The first kappa shape index (κ1) is 17.0. The van der Waals surface area contributed by atoms with Crippen LogP contribution in [0.3, 0.4) is 0 Å². The minimum atomic E-state index is -0.531. The van der Waals surface area contributed by atoms with Crippen molar-refractivity contribution in [2.45, 2.75) is 0 Å². The predicted molar refractivity (Wildman–Crippen MR) is 103 cm³/mol. The summed E-state index contributed by atoms with van der Waals surface area (Å²) >= 11 is 3.42. The highest BCUT2D eigenvalue weighted by Crippen LogP contribution is 2.32. The van der Waals surface area contributed by atoms with E-state index in [0.29, 0.717) is 22.9 Å². The smallest absolute Gasteiger partial charge is 0.270 e. The van der Waals surface area contributed by atoms with E-state index in [2.05, 4.69) is 25.9 Å². The Morgan fingerprint density at radius 2 is 2.15 bits per heavy atom. The number of aromatic hydroxyl groups is 1. The minimum absolute atomic E-state index is 0.112. The molecule has 0 saturated carbocycles. The second-order valence-corrected chi connectivity index (χ2v) is 6.51. The van der Waals surface area contributed by atoms with Crippen LogP contribution in [0.25, 0.3) is 17.1 Å². The molecule has 0 aliphatic heterocycles. The lowest BCUT2D eigenvalue weighted by Gasteiger charge is -2.01. The first-order valence-electron chi connectivity index (χ1n) is 7.76. The molecule has 0 saturated heterocycles. The van der Waals surface area contributed by atoms with E-state index in [1.54, 1.807) is 22.7 Å². The highest BCUT2D eigenvalue weighted by Gasteiger charge is 2.16. The SMILES string of the molecule is O=[N+]([O-])c1ccc(O)c(C=Nc2c(-c3ccco3)nc3ccc(Br)cn23)c1. The predicted octanol–water partition coefficient (Wildman–Crippen LogP) is 4.72. The van der Waals surface area contributed by atoms with Gasteiger partial charge in [0.15, 0.2) is 17.3 Å². The molecule has 8 nitrogen and oxygen atoms in total. The molecule has 0 aliphatic rings. The number of aliphatic imine (C=N–C) groups is 1. The first-order chi connectivity index (χ1) is 13.0. The van der Waals surface area contributed by atoms with Crippen LogP contribution < -0.4 is 0 Å². The molecule has 3 aromatic heterocycles. The molecule has 0 amide bonds. The van der Waals surface area contributed by atoms with Gasteiger partial charge in [-0.05, 0) is 46.3 Å². The van der Waals surface area contributed by atoms with Crippen LogP contribution in [-0.4, -0.2) is 25.6 Å². The van der Waals surface area contributed by atoms with Gasteiger partial charge in [-0.15, -0.1) is 0 Å². The number of rotatable bonds is 4. The highest BCUT2D eigenvalue weighted by atomic mass is 79.9. The standard InChI is InChI=1S/C18H11BrN4O4/c19-12-3-6-16-21-17(15-2-1-7-27-15)18(22(16)10-12)20-9-11-8-13(23(25)26)4-5-14(11)24/h1-10,24H. The van der Waals surface area contributed by atoms with Gasteiger partial charge in [-0.25, -0.2) is 9.98 Å². The van der Waals surface area contributed by atoms with Gasteiger partial charge in [-0.2, -0.15) is 0 Å². The third kappa shape index (κ3) is 3.20. The highest BCUT2D eigenvalue weighted by molar-refractivity contribution is 9.10. The molecule has 4 aromatic rings. The molecule has 0 aliphatic carbocycles. The number of halogens is 1. The summed E-state index contributed by atoms with van der Waals surface area (Å²) in [6, 6.07) is 10.9. The fraction of sp³-hybridized carbons (Fsp3) is 0. The normalized spacial score (nSPS) is 11.4. The summed E-state index contributed by atoms with van der Waals surface area (Å²) in [7, 11) is 0. The van der Waals surface area contributed by atoms with Gasteiger partial charge in [0, 0.05) is 34.6 Å². The van der Waals surface area contributed by atoms with Gasteiger partial charge in [0.25, 0.3) is 5.69 Å². The number of nitrogens with zero attached hydrogens (tertiary/aromatic N) is 4. The van der Waals surface area contributed by atoms with E-state index in [1.807, 2.05) is 12.1 Å². The summed E-state index contributed by atoms with van der Waals surface area (Å²) in [5, 5.41) is 21.0. The number of nitro benzene ring substituents is 1. The van der Waals surface area contributed by atoms with Crippen LogP contribution in [0.2, 0.25) is 0 Å². The molecule has 9 heteroatoms. The average Bonchev–Trinajstić information content (AvgIpc) is 3.28. The maximum absolute atomic E-state index is 11.0. The van der Waals surface area contributed by atoms with Crippen molar-refractivity contribution in [3.05, 3.63) is 75.1 Å². The topological polar surface area (TPSA) is 106 Å². The first-order valence-corrected chi connectivity index (χ1v) is 8.55. The largest absolute Gasteiger partial charge is 0.507 e. The Morgan fingerprint density at radius 1 is 1.30 bits per heavy atom. The van der Waals surface area contributed by atoms with Crippen LogP contribution in [-0.2, 0) is 0 Å². The van der Waals surface area contributed by atoms with Gasteiger partial charge in [-0.3, -0.25) is 14.5 Å². The number of non-ortho nitro benzene ring substituents is 1. The number of phenolic OH excluding ortho intramolecular Hbond substituents is 1. The zero-order valence-electron chi connectivity index (χ0n) is 13.6. The minimum Gasteiger partial charge on any atom is -0.507 e. The van der Waals surface area contributed by atoms with Gasteiger partial charge < -0.3 is 9.52 Å². The van der Waals surface area contributed by atoms with Crippen LogP contribution in [0.5, 0.6) is 5.75 Å². The number of phenols is 1. The van der Waals surface area contributed by atoms with Crippen LogP contribution in [0.4, 0.5) is 11.5 Å². The van der Waals surface area contributed by atoms with Gasteiger partial charge >= 0.3 is 0 Å². The maximum atomic E-state index is 11.0. The molecule has 3 heterocycles. The number of nitro groups is 1. The number of imidazole rings is 1. The monoisotopic (exact) mass is 426 g/mol. The molecule has 0 bridgehead atoms. The number of furan rings is 1. The quantitative estimate of drug-likeness (QED) is 0.288. The van der Waals surface area contributed by atoms with Gasteiger partial charge in [0.05, 0.1) is 11.2 Å². The Bertz CT molecular complexity index is 1180. The molecule has 0 radical (unpaired) electrons. The lowest BCUT2D eigenvalue weighted by Crippen LogP contribution is -1.91. The van der Waals surface area contributed by atoms with E-state index in [9.17, 15) is 15.2 Å². The summed E-state index contributed by atoms with van der Waals surface area (Å²) in [5.41, 5.74) is 1.25. The van der Waals surface area contributed by atoms with E-state index >= 15 is 0 Å². The van der Waals surface area contributed by atoms with Crippen molar-refractivity contribution in [3.8, 4) is 17.2 Å². The summed E-state index contributed by atoms with van der Waals surface area (Å²) in [5.74, 6) is 0.885. The molecule has 0 spiro atoms. The van der Waals surface area contributed by atoms with Crippen LogP contribution in [0, 0.1) is 10.1 Å². The van der Waals surface area contributed by atoms with Crippen molar-refractivity contribution < 1.29 is 14.4 Å². The average molecular weight is 427 g/mol. The van der Waals surface area contributed by atoms with Crippen LogP contribution in [0.1, 0.15) is 5.56 Å². The van der Waals surface area contributed by atoms with Crippen molar-refractivity contribution in [2.75, 3.05) is 0 Å². The van der Waals surface area contributed by atoms with Crippen molar-refractivity contribution in [1.82, 2.24) is 9.38 Å². The molecule has 0 fully saturated rings. The maximum Gasteiger partial charge on any atom is 0.270 e. The van der Waals surface area contributed by atoms with E-state index in [1.165, 1.54) is 30.7 Å². The summed E-state index contributed by atoms with van der Waals surface area (Å²) in [6.45, 7) is 0. The Balaban J connectivity index is 1.87. The van der Waals surface area contributed by atoms with Crippen molar-refractivity contribution in [3.63, 3.8) is 0 Å². The Labute approximate surface area is 160 Å². The molecule has 0 unspecified atom stereocenters. The van der Waals surface area contributed by atoms with Crippen molar-refractivity contribution in [2.24, 2.45) is 4.99 Å².